The number of likely N-dealkylation sites (N-methyl/N-ethyl adjacent to an activating group) is 1. The molecular formula is C13H27N3O2. The minimum Gasteiger partial charge on any atom is -0.343 e. The van der Waals surface area contributed by atoms with E-state index in [9.17, 15) is 9.59 Å². The zero-order chi connectivity index (χ0) is 14.5. The first-order chi connectivity index (χ1) is 8.15. The van der Waals surface area contributed by atoms with Gasteiger partial charge in [-0.15, -0.1) is 0 Å². The highest BCUT2D eigenvalue weighted by molar-refractivity contribution is 5.89. The molecule has 0 saturated heterocycles. The third-order valence-corrected chi connectivity index (χ3v) is 3.02. The second kappa shape index (κ2) is 6.73. The van der Waals surface area contributed by atoms with Gasteiger partial charge < -0.3 is 16.0 Å². The summed E-state index contributed by atoms with van der Waals surface area (Å²) in [4.78, 5) is 25.6. The first kappa shape index (κ1) is 16.9. The summed E-state index contributed by atoms with van der Waals surface area (Å²) in [6.45, 7) is 12.5. The number of nitrogens with zero attached hydrogens (tertiary/aromatic N) is 1. The van der Waals surface area contributed by atoms with Crippen LogP contribution in [-0.2, 0) is 9.59 Å². The fourth-order valence-electron chi connectivity index (χ4n) is 1.57. The van der Waals surface area contributed by atoms with Crippen molar-refractivity contribution in [2.24, 2.45) is 11.1 Å². The van der Waals surface area contributed by atoms with Gasteiger partial charge in [0, 0.05) is 13.1 Å². The lowest BCUT2D eigenvalue weighted by molar-refractivity contribution is -0.136. The van der Waals surface area contributed by atoms with Crippen LogP contribution in [-0.4, -0.2) is 41.9 Å². The van der Waals surface area contributed by atoms with Gasteiger partial charge in [-0.1, -0.05) is 20.8 Å². The van der Waals surface area contributed by atoms with Crippen molar-refractivity contribution in [3.63, 3.8) is 0 Å². The molecule has 3 N–H and O–H groups in total. The lowest BCUT2D eigenvalue weighted by Crippen LogP contribution is -2.54. The largest absolute Gasteiger partial charge is 0.343 e. The van der Waals surface area contributed by atoms with Crippen LogP contribution in [0.1, 0.15) is 41.5 Å². The Balaban J connectivity index is 4.53. The van der Waals surface area contributed by atoms with E-state index in [4.69, 9.17) is 5.73 Å². The fourth-order valence-corrected chi connectivity index (χ4v) is 1.57. The van der Waals surface area contributed by atoms with Crippen LogP contribution in [0.25, 0.3) is 0 Å². The SMILES string of the molecule is CCN(CC)C(=O)C(C)NC(=O)C(N)C(C)(C)C. The first-order valence-electron chi connectivity index (χ1n) is 6.49. The molecule has 2 amide bonds. The van der Waals surface area contributed by atoms with Crippen LogP contribution < -0.4 is 11.1 Å². The van der Waals surface area contributed by atoms with Gasteiger partial charge in [-0.3, -0.25) is 9.59 Å². The second-order valence-electron chi connectivity index (χ2n) is 5.58. The Morgan fingerprint density at radius 1 is 1.22 bits per heavy atom. The molecule has 0 radical (unpaired) electrons. The van der Waals surface area contributed by atoms with Crippen LogP contribution in [0.2, 0.25) is 0 Å². The third kappa shape index (κ3) is 4.64. The zero-order valence-corrected chi connectivity index (χ0v) is 12.4. The van der Waals surface area contributed by atoms with Gasteiger partial charge in [0.15, 0.2) is 0 Å². The second-order valence-corrected chi connectivity index (χ2v) is 5.58. The molecule has 5 nitrogen and oxygen atoms in total. The zero-order valence-electron chi connectivity index (χ0n) is 12.4. The van der Waals surface area contributed by atoms with E-state index in [-0.39, 0.29) is 17.2 Å². The molecule has 0 aromatic heterocycles. The van der Waals surface area contributed by atoms with Gasteiger partial charge in [-0.25, -0.2) is 0 Å². The summed E-state index contributed by atoms with van der Waals surface area (Å²) in [6, 6.07) is -1.16. The summed E-state index contributed by atoms with van der Waals surface area (Å²) < 4.78 is 0. The van der Waals surface area contributed by atoms with E-state index in [1.54, 1.807) is 11.8 Å². The van der Waals surface area contributed by atoms with Gasteiger partial charge in [0.25, 0.3) is 0 Å². The molecule has 18 heavy (non-hydrogen) atoms. The Hall–Kier alpha value is -1.10. The highest BCUT2D eigenvalue weighted by Crippen LogP contribution is 2.17. The van der Waals surface area contributed by atoms with Crippen molar-refractivity contribution in [3.8, 4) is 0 Å². The highest BCUT2D eigenvalue weighted by atomic mass is 16.2. The molecule has 0 spiro atoms. The highest BCUT2D eigenvalue weighted by Gasteiger charge is 2.30. The smallest absolute Gasteiger partial charge is 0.244 e. The average Bonchev–Trinajstić information content (AvgIpc) is 2.27. The maximum atomic E-state index is 12.0. The van der Waals surface area contributed by atoms with Crippen molar-refractivity contribution in [2.45, 2.75) is 53.6 Å². The standard InChI is InChI=1S/C13H27N3O2/c1-7-16(8-2)12(18)9(3)15-11(17)10(14)13(4,5)6/h9-10H,7-8,14H2,1-6H3,(H,15,17). The van der Waals surface area contributed by atoms with Gasteiger partial charge in [-0.05, 0) is 26.2 Å². The molecular weight excluding hydrogens is 230 g/mol. The fraction of sp³-hybridized carbons (Fsp3) is 0.846. The number of amides is 2. The summed E-state index contributed by atoms with van der Waals surface area (Å²) in [5.74, 6) is -0.357. The average molecular weight is 257 g/mol. The van der Waals surface area contributed by atoms with E-state index in [1.165, 1.54) is 0 Å². The molecule has 0 aliphatic heterocycles. The van der Waals surface area contributed by atoms with E-state index in [2.05, 4.69) is 5.32 Å². The molecule has 0 bridgehead atoms. The van der Waals surface area contributed by atoms with Crippen molar-refractivity contribution in [1.29, 1.82) is 0 Å². The van der Waals surface area contributed by atoms with Crippen molar-refractivity contribution < 1.29 is 9.59 Å². The molecule has 0 saturated carbocycles. The van der Waals surface area contributed by atoms with Gasteiger partial charge in [0.2, 0.25) is 11.8 Å². The predicted octanol–water partition coefficient (Wildman–Crippen LogP) is 0.733. The van der Waals surface area contributed by atoms with E-state index in [0.29, 0.717) is 13.1 Å². The Kier molecular flexibility index (Phi) is 6.32. The van der Waals surface area contributed by atoms with Crippen LogP contribution in [0.5, 0.6) is 0 Å². The molecule has 106 valence electrons. The van der Waals surface area contributed by atoms with Crippen molar-refractivity contribution in [1.82, 2.24) is 10.2 Å². The van der Waals surface area contributed by atoms with Crippen molar-refractivity contribution in [3.05, 3.63) is 0 Å². The van der Waals surface area contributed by atoms with Crippen LogP contribution in [0.4, 0.5) is 0 Å². The van der Waals surface area contributed by atoms with E-state index >= 15 is 0 Å². The Labute approximate surface area is 110 Å². The van der Waals surface area contributed by atoms with E-state index in [1.807, 2.05) is 34.6 Å². The molecule has 0 aliphatic rings. The van der Waals surface area contributed by atoms with E-state index in [0.717, 1.165) is 0 Å². The quantitative estimate of drug-likeness (QED) is 0.762. The minimum absolute atomic E-state index is 0.0746. The summed E-state index contributed by atoms with van der Waals surface area (Å²) in [7, 11) is 0. The summed E-state index contributed by atoms with van der Waals surface area (Å²) in [5, 5.41) is 2.68. The molecule has 0 fully saturated rings. The molecule has 5 heteroatoms. The van der Waals surface area contributed by atoms with Gasteiger partial charge in [-0.2, -0.15) is 0 Å². The molecule has 0 aromatic rings. The number of nitrogens with one attached hydrogen (secondary N) is 1. The topological polar surface area (TPSA) is 75.4 Å². The molecule has 0 aliphatic carbocycles. The summed E-state index contributed by atoms with van der Waals surface area (Å²) >= 11 is 0. The number of carbonyl (C=O) groups is 2. The number of rotatable bonds is 5. The summed E-state index contributed by atoms with van der Waals surface area (Å²) in [6.07, 6.45) is 0. The molecule has 2 unspecified atom stereocenters. The Bertz CT molecular complexity index is 293. The molecule has 0 aromatic carbocycles. The number of nitrogens with two attached hydrogens (primary N) is 1. The van der Waals surface area contributed by atoms with Gasteiger partial charge >= 0.3 is 0 Å². The normalized spacial score (nSPS) is 14.8. The van der Waals surface area contributed by atoms with Crippen LogP contribution in [0, 0.1) is 5.41 Å². The van der Waals surface area contributed by atoms with Crippen LogP contribution in [0.15, 0.2) is 0 Å². The Morgan fingerprint density at radius 2 is 1.67 bits per heavy atom. The first-order valence-corrected chi connectivity index (χ1v) is 6.49. The van der Waals surface area contributed by atoms with Crippen molar-refractivity contribution in [2.75, 3.05) is 13.1 Å². The van der Waals surface area contributed by atoms with Crippen LogP contribution >= 0.6 is 0 Å². The number of hydrogen-bond acceptors (Lipinski definition) is 3. The maximum absolute atomic E-state index is 12.0. The maximum Gasteiger partial charge on any atom is 0.244 e. The van der Waals surface area contributed by atoms with Crippen LogP contribution in [0.3, 0.4) is 0 Å². The molecule has 2 atom stereocenters. The van der Waals surface area contributed by atoms with Gasteiger partial charge in [0.05, 0.1) is 6.04 Å². The minimum atomic E-state index is -0.621. The molecule has 0 rings (SSSR count). The lowest BCUT2D eigenvalue weighted by atomic mass is 9.87. The summed E-state index contributed by atoms with van der Waals surface area (Å²) in [5.41, 5.74) is 5.53. The van der Waals surface area contributed by atoms with Crippen molar-refractivity contribution >= 4 is 11.8 Å². The van der Waals surface area contributed by atoms with Gasteiger partial charge in [0.1, 0.15) is 6.04 Å². The third-order valence-electron chi connectivity index (χ3n) is 3.02. The number of carbonyl (C=O) groups excluding carboxylic acids is 2. The monoisotopic (exact) mass is 257 g/mol. The Morgan fingerprint density at radius 3 is 2.00 bits per heavy atom. The number of hydrogen-bond donors (Lipinski definition) is 2. The molecule has 0 heterocycles. The predicted molar refractivity (Wildman–Crippen MR) is 73.0 cm³/mol. The lowest BCUT2D eigenvalue weighted by Gasteiger charge is -2.28. The van der Waals surface area contributed by atoms with E-state index < -0.39 is 12.1 Å².